The number of hydrogen-bond acceptors (Lipinski definition) is 9. The Morgan fingerprint density at radius 3 is 2.58 bits per heavy atom. The summed E-state index contributed by atoms with van der Waals surface area (Å²) in [5, 5.41) is 10.2. The van der Waals surface area contributed by atoms with Crippen molar-refractivity contribution >= 4 is 35.1 Å². The molecule has 234 valence electrons. The number of nitrogens with two attached hydrogens (primary N) is 2. The first kappa shape index (κ1) is 33.0. The molecule has 1 aromatic heterocycles. The fourth-order valence-electron chi connectivity index (χ4n) is 5.93. The number of Topliss-reactive ketones (excluding diaryl/α,β-unsaturated/α-hetero) is 1. The van der Waals surface area contributed by atoms with Gasteiger partial charge in [-0.2, -0.15) is 0 Å². The number of carbonyl (C=O) groups excluding carboxylic acids is 5. The van der Waals surface area contributed by atoms with Gasteiger partial charge in [-0.05, 0) is 81.0 Å². The van der Waals surface area contributed by atoms with E-state index in [0.717, 1.165) is 25.6 Å². The van der Waals surface area contributed by atoms with Crippen molar-refractivity contribution in [2.45, 2.75) is 57.8 Å². The number of nitrogens with zero attached hydrogens (tertiary/aromatic N) is 2. The number of likely N-dealkylation sites (tertiary alicyclic amines) is 1. The summed E-state index contributed by atoms with van der Waals surface area (Å²) in [6.07, 6.45) is 7.71. The van der Waals surface area contributed by atoms with E-state index in [1.165, 1.54) is 48.5 Å². The van der Waals surface area contributed by atoms with Crippen LogP contribution in [0.2, 0.25) is 0 Å². The van der Waals surface area contributed by atoms with E-state index in [1.807, 2.05) is 7.05 Å². The number of allylic oxidation sites excluding steroid dienone is 2. The summed E-state index contributed by atoms with van der Waals surface area (Å²) >= 11 is 0. The van der Waals surface area contributed by atoms with Crippen molar-refractivity contribution in [3.8, 4) is 0 Å². The summed E-state index contributed by atoms with van der Waals surface area (Å²) in [6.45, 7) is 2.89. The second kappa shape index (κ2) is 15.1. The third kappa shape index (κ3) is 9.01. The van der Waals surface area contributed by atoms with E-state index in [2.05, 4.69) is 33.1 Å². The molecule has 1 saturated carbocycles. The average molecular weight is 599 g/mol. The number of rotatable bonds is 12. The van der Waals surface area contributed by atoms with Crippen molar-refractivity contribution in [2.75, 3.05) is 26.0 Å². The van der Waals surface area contributed by atoms with E-state index in [1.54, 1.807) is 0 Å². The molecule has 4 amide bonds. The van der Waals surface area contributed by atoms with Crippen LogP contribution in [0.25, 0.3) is 0 Å². The molecule has 14 nitrogen and oxygen atoms in total. The van der Waals surface area contributed by atoms with Crippen molar-refractivity contribution in [3.05, 3.63) is 52.7 Å². The summed E-state index contributed by atoms with van der Waals surface area (Å²) in [5.74, 6) is -2.03. The molecule has 1 aliphatic carbocycles. The number of piperidine rings is 1. The molecule has 0 aromatic carbocycles. The first-order valence-corrected chi connectivity index (χ1v) is 14.3. The molecule has 2 fully saturated rings. The maximum Gasteiger partial charge on any atom is 0.287 e. The highest BCUT2D eigenvalue weighted by molar-refractivity contribution is 6.36. The lowest BCUT2D eigenvalue weighted by atomic mass is 9.71. The van der Waals surface area contributed by atoms with Crippen LogP contribution in [0.4, 0.5) is 5.69 Å². The Labute approximate surface area is 250 Å². The van der Waals surface area contributed by atoms with Crippen molar-refractivity contribution < 1.29 is 24.0 Å². The van der Waals surface area contributed by atoms with Crippen molar-refractivity contribution in [1.29, 1.82) is 0 Å². The van der Waals surface area contributed by atoms with E-state index in [4.69, 9.17) is 11.5 Å². The molecule has 5 unspecified atom stereocenters. The quantitative estimate of drug-likeness (QED) is 0.100. The number of aromatic nitrogens is 1. The minimum atomic E-state index is -1.32. The molecule has 0 spiro atoms. The van der Waals surface area contributed by atoms with E-state index in [-0.39, 0.29) is 42.8 Å². The standard InChI is InChI=1S/C29H42N8O6/c1-17-12-18-14-19(13-17)25(36(3)15-18)35-24(39)16-37-11-5-7-22(29(37)43)34-27(41)21(8-9-23(38)28(42)32-2)33-26(40)20(31)6-4-10-30/h4-7,10-11,17-19,21,25H,8-9,12-16,30-31H2,1-3H3,(H,32,42)(H,33,40)(H,34,41)(H,35,39)/b10-4-,20-6-. The SMILES string of the molecule is CNC(=O)C(=O)CCC(NC(=O)/C(N)=C/C=C\N)C(=O)Nc1cccn(CC(=O)NC2C3CC(C)CC(C3)CN2C)c1=O. The summed E-state index contributed by atoms with van der Waals surface area (Å²) in [4.78, 5) is 77.8. The first-order valence-electron chi connectivity index (χ1n) is 14.3. The smallest absolute Gasteiger partial charge is 0.287 e. The van der Waals surface area contributed by atoms with E-state index in [0.29, 0.717) is 17.8 Å². The fraction of sp³-hybridized carbons (Fsp3) is 0.517. The van der Waals surface area contributed by atoms with Crippen LogP contribution < -0.4 is 38.3 Å². The maximum absolute atomic E-state index is 13.2. The lowest BCUT2D eigenvalue weighted by Crippen LogP contribution is -2.58. The molecule has 5 atom stereocenters. The van der Waals surface area contributed by atoms with Gasteiger partial charge in [-0.15, -0.1) is 0 Å². The van der Waals surface area contributed by atoms with Gasteiger partial charge < -0.3 is 37.3 Å². The number of carbonyl (C=O) groups is 5. The Bertz CT molecular complexity index is 1330. The van der Waals surface area contributed by atoms with Gasteiger partial charge in [0.05, 0.1) is 11.9 Å². The van der Waals surface area contributed by atoms with Gasteiger partial charge >= 0.3 is 0 Å². The van der Waals surface area contributed by atoms with Crippen molar-refractivity contribution in [2.24, 2.45) is 29.2 Å². The van der Waals surface area contributed by atoms with Crippen LogP contribution in [0.3, 0.4) is 0 Å². The number of anilines is 1. The number of hydrogen-bond donors (Lipinski definition) is 6. The molecular formula is C29H42N8O6. The maximum atomic E-state index is 13.2. The van der Waals surface area contributed by atoms with E-state index in [9.17, 15) is 28.8 Å². The number of amides is 4. The molecule has 1 aliphatic heterocycles. The highest BCUT2D eigenvalue weighted by Crippen LogP contribution is 2.39. The number of nitrogens with one attached hydrogen (secondary N) is 4. The second-order valence-electron chi connectivity index (χ2n) is 11.3. The summed E-state index contributed by atoms with van der Waals surface area (Å²) < 4.78 is 1.18. The van der Waals surface area contributed by atoms with Crippen LogP contribution >= 0.6 is 0 Å². The Morgan fingerprint density at radius 2 is 1.88 bits per heavy atom. The summed E-state index contributed by atoms with van der Waals surface area (Å²) in [7, 11) is 3.29. The molecule has 43 heavy (non-hydrogen) atoms. The zero-order valence-electron chi connectivity index (χ0n) is 24.8. The molecule has 2 heterocycles. The topological polar surface area (TPSA) is 211 Å². The van der Waals surface area contributed by atoms with Crippen molar-refractivity contribution in [3.63, 3.8) is 0 Å². The number of fused-ring (bicyclic) bond motifs is 2. The lowest BCUT2D eigenvalue weighted by molar-refractivity contribution is -0.137. The monoisotopic (exact) mass is 598 g/mol. The number of likely N-dealkylation sites (N-methyl/N-ethyl adjacent to an activating group) is 1. The van der Waals surface area contributed by atoms with Gasteiger partial charge in [-0.3, -0.25) is 33.7 Å². The minimum absolute atomic E-state index is 0.117. The van der Waals surface area contributed by atoms with Crippen LogP contribution in [0.5, 0.6) is 0 Å². The summed E-state index contributed by atoms with van der Waals surface area (Å²) in [6, 6.07) is 1.55. The average Bonchev–Trinajstić information content (AvgIpc) is 2.96. The molecular weight excluding hydrogens is 556 g/mol. The van der Waals surface area contributed by atoms with Gasteiger partial charge in [0.15, 0.2) is 0 Å². The minimum Gasteiger partial charge on any atom is -0.405 e. The van der Waals surface area contributed by atoms with Crippen LogP contribution in [0.1, 0.15) is 39.0 Å². The van der Waals surface area contributed by atoms with Gasteiger partial charge in [0.2, 0.25) is 17.6 Å². The van der Waals surface area contributed by atoms with E-state index >= 15 is 0 Å². The third-order valence-electron chi connectivity index (χ3n) is 7.86. The number of ketones is 1. The normalized spacial score (nSPS) is 22.8. The molecule has 1 saturated heterocycles. The lowest BCUT2D eigenvalue weighted by Gasteiger charge is -2.48. The molecule has 1 aromatic rings. The van der Waals surface area contributed by atoms with Gasteiger partial charge in [0, 0.05) is 26.2 Å². The molecule has 14 heteroatoms. The molecule has 8 N–H and O–H groups in total. The molecule has 0 radical (unpaired) electrons. The first-order chi connectivity index (χ1) is 20.4. The predicted octanol–water partition coefficient (Wildman–Crippen LogP) is -0.878. The van der Waals surface area contributed by atoms with Crippen LogP contribution in [0.15, 0.2) is 47.2 Å². The largest absolute Gasteiger partial charge is 0.405 e. The predicted molar refractivity (Wildman–Crippen MR) is 160 cm³/mol. The van der Waals surface area contributed by atoms with Crippen LogP contribution in [0, 0.1) is 17.8 Å². The Balaban J connectivity index is 1.71. The van der Waals surface area contributed by atoms with Gasteiger partial charge in [-0.1, -0.05) is 6.92 Å². The molecule has 2 bridgehead atoms. The summed E-state index contributed by atoms with van der Waals surface area (Å²) in [5.41, 5.74) is 9.95. The Hall–Kier alpha value is -4.46. The number of pyridine rings is 1. The third-order valence-corrected chi connectivity index (χ3v) is 7.86. The molecule has 2 aliphatic rings. The Kier molecular flexibility index (Phi) is 11.6. The zero-order chi connectivity index (χ0) is 31.7. The fourth-order valence-corrected chi connectivity index (χ4v) is 5.93. The van der Waals surface area contributed by atoms with Crippen molar-refractivity contribution in [1.82, 2.24) is 25.4 Å². The second-order valence-corrected chi connectivity index (χ2v) is 11.3. The zero-order valence-corrected chi connectivity index (χ0v) is 24.8. The van der Waals surface area contributed by atoms with Gasteiger partial charge in [-0.25, -0.2) is 0 Å². The molecule has 3 rings (SSSR count). The Morgan fingerprint density at radius 1 is 1.14 bits per heavy atom. The van der Waals surface area contributed by atoms with Gasteiger partial charge in [0.25, 0.3) is 17.4 Å². The highest BCUT2D eigenvalue weighted by atomic mass is 16.2. The van der Waals surface area contributed by atoms with E-state index < -0.39 is 35.1 Å². The van der Waals surface area contributed by atoms with Crippen LogP contribution in [-0.4, -0.2) is 71.7 Å². The highest BCUT2D eigenvalue weighted by Gasteiger charge is 2.39. The van der Waals surface area contributed by atoms with Crippen LogP contribution in [-0.2, 0) is 30.5 Å². The van der Waals surface area contributed by atoms with Gasteiger partial charge in [0.1, 0.15) is 18.3 Å².